The van der Waals surface area contributed by atoms with Gasteiger partial charge in [-0.25, -0.2) is 0 Å². The summed E-state index contributed by atoms with van der Waals surface area (Å²) in [5, 5.41) is 0. The molecule has 0 bridgehead atoms. The first-order chi connectivity index (χ1) is 8.68. The van der Waals surface area contributed by atoms with Crippen LogP contribution < -0.4 is 5.73 Å². The van der Waals surface area contributed by atoms with Gasteiger partial charge in [0.25, 0.3) is 0 Å². The number of amides is 1. The maximum absolute atomic E-state index is 12.2. The molecule has 0 aliphatic heterocycles. The van der Waals surface area contributed by atoms with Crippen LogP contribution in [0.25, 0.3) is 0 Å². The molecule has 4 heteroatoms. The van der Waals surface area contributed by atoms with Crippen LogP contribution in [-0.4, -0.2) is 54.5 Å². The molecule has 2 atom stereocenters. The van der Waals surface area contributed by atoms with Crippen molar-refractivity contribution in [3.05, 3.63) is 0 Å². The summed E-state index contributed by atoms with van der Waals surface area (Å²) in [6.07, 6.45) is 0.922. The van der Waals surface area contributed by atoms with Gasteiger partial charge in [0.1, 0.15) is 0 Å². The van der Waals surface area contributed by atoms with E-state index in [2.05, 4.69) is 32.6 Å². The van der Waals surface area contributed by atoms with E-state index < -0.39 is 0 Å². The van der Waals surface area contributed by atoms with Crippen LogP contribution >= 0.6 is 0 Å². The van der Waals surface area contributed by atoms with E-state index in [9.17, 15) is 4.79 Å². The van der Waals surface area contributed by atoms with E-state index >= 15 is 0 Å². The second-order valence-electron chi connectivity index (χ2n) is 6.36. The summed E-state index contributed by atoms with van der Waals surface area (Å²) in [5.41, 5.74) is 6.32. The van der Waals surface area contributed by atoms with E-state index in [0.29, 0.717) is 6.54 Å². The predicted octanol–water partition coefficient (Wildman–Crippen LogP) is 1.94. The first kappa shape index (κ1) is 18.4. The van der Waals surface area contributed by atoms with Crippen LogP contribution in [0.15, 0.2) is 0 Å². The van der Waals surface area contributed by atoms with Crippen LogP contribution in [0.5, 0.6) is 0 Å². The Hall–Kier alpha value is -0.610. The molecule has 2 unspecified atom stereocenters. The van der Waals surface area contributed by atoms with Crippen LogP contribution in [0.3, 0.4) is 0 Å². The molecule has 0 saturated carbocycles. The first-order valence-corrected chi connectivity index (χ1v) is 7.42. The molecule has 0 rings (SSSR count). The fraction of sp³-hybridized carbons (Fsp3) is 0.933. The number of likely N-dealkylation sites (N-methyl/N-ethyl adjacent to an activating group) is 2. The summed E-state index contributed by atoms with van der Waals surface area (Å²) in [6.45, 7) is 14.7. The third-order valence-corrected chi connectivity index (χ3v) is 3.74. The Kier molecular flexibility index (Phi) is 7.60. The Labute approximate surface area is 119 Å². The minimum Gasteiger partial charge on any atom is -0.342 e. The standard InChI is InChI=1S/C15H33N3O/c1-8-12(16)14(15(4,5)6)17(7)11-13(19)18(9-2)10-3/h12,14H,8-11,16H2,1-7H3. The first-order valence-electron chi connectivity index (χ1n) is 7.42. The van der Waals surface area contributed by atoms with E-state index in [4.69, 9.17) is 5.73 Å². The van der Waals surface area contributed by atoms with Crippen LogP contribution in [0.4, 0.5) is 0 Å². The second kappa shape index (κ2) is 7.85. The van der Waals surface area contributed by atoms with Gasteiger partial charge in [-0.3, -0.25) is 9.69 Å². The quantitative estimate of drug-likeness (QED) is 0.770. The Morgan fingerprint density at radius 3 is 1.95 bits per heavy atom. The van der Waals surface area contributed by atoms with E-state index in [0.717, 1.165) is 19.5 Å². The monoisotopic (exact) mass is 271 g/mol. The van der Waals surface area contributed by atoms with Gasteiger partial charge in [0, 0.05) is 25.2 Å². The zero-order valence-electron chi connectivity index (χ0n) is 13.9. The number of nitrogens with zero attached hydrogens (tertiary/aromatic N) is 2. The molecule has 114 valence electrons. The van der Waals surface area contributed by atoms with Gasteiger partial charge in [-0.2, -0.15) is 0 Å². The highest BCUT2D eigenvalue weighted by atomic mass is 16.2. The largest absolute Gasteiger partial charge is 0.342 e. The number of rotatable bonds is 7. The van der Waals surface area contributed by atoms with E-state index in [1.165, 1.54) is 0 Å². The highest BCUT2D eigenvalue weighted by Gasteiger charge is 2.33. The second-order valence-corrected chi connectivity index (χ2v) is 6.36. The molecule has 0 radical (unpaired) electrons. The van der Waals surface area contributed by atoms with Crippen LogP contribution in [0.2, 0.25) is 0 Å². The highest BCUT2D eigenvalue weighted by Crippen LogP contribution is 2.26. The lowest BCUT2D eigenvalue weighted by atomic mass is 9.80. The summed E-state index contributed by atoms with van der Waals surface area (Å²) < 4.78 is 0. The molecule has 0 fully saturated rings. The Morgan fingerprint density at radius 2 is 1.63 bits per heavy atom. The molecule has 19 heavy (non-hydrogen) atoms. The van der Waals surface area contributed by atoms with Crippen molar-refractivity contribution in [1.29, 1.82) is 0 Å². The molecule has 1 amide bonds. The zero-order valence-corrected chi connectivity index (χ0v) is 13.9. The molecule has 0 aromatic rings. The average molecular weight is 271 g/mol. The fourth-order valence-corrected chi connectivity index (χ4v) is 2.84. The SMILES string of the molecule is CCC(N)C(N(C)CC(=O)N(CC)CC)C(C)(C)C. The maximum atomic E-state index is 12.2. The average Bonchev–Trinajstić information content (AvgIpc) is 2.28. The molecule has 0 spiro atoms. The van der Waals surface area contributed by atoms with Gasteiger partial charge >= 0.3 is 0 Å². The fourth-order valence-electron chi connectivity index (χ4n) is 2.84. The lowest BCUT2D eigenvalue weighted by Gasteiger charge is -2.41. The lowest BCUT2D eigenvalue weighted by molar-refractivity contribution is -0.132. The summed E-state index contributed by atoms with van der Waals surface area (Å²) in [5.74, 6) is 0.185. The summed E-state index contributed by atoms with van der Waals surface area (Å²) in [6, 6.07) is 0.298. The smallest absolute Gasteiger partial charge is 0.236 e. The zero-order chi connectivity index (χ0) is 15.2. The van der Waals surface area contributed by atoms with Crippen LogP contribution in [0, 0.1) is 5.41 Å². The molecular weight excluding hydrogens is 238 g/mol. The molecule has 0 aliphatic rings. The van der Waals surface area contributed by atoms with Crippen molar-refractivity contribution in [2.45, 2.75) is 60.0 Å². The molecular formula is C15H33N3O. The third-order valence-electron chi connectivity index (χ3n) is 3.74. The van der Waals surface area contributed by atoms with E-state index in [-0.39, 0.29) is 23.4 Å². The molecule has 0 aromatic carbocycles. The molecule has 0 aromatic heterocycles. The maximum Gasteiger partial charge on any atom is 0.236 e. The minimum absolute atomic E-state index is 0.0632. The van der Waals surface area contributed by atoms with E-state index in [1.807, 2.05) is 25.8 Å². The molecule has 2 N–H and O–H groups in total. The van der Waals surface area contributed by atoms with Crippen molar-refractivity contribution in [2.75, 3.05) is 26.7 Å². The number of nitrogens with two attached hydrogens (primary N) is 1. The summed E-state index contributed by atoms with van der Waals surface area (Å²) in [4.78, 5) is 16.2. The number of carbonyl (C=O) groups excluding carboxylic acids is 1. The lowest BCUT2D eigenvalue weighted by Crippen LogP contribution is -2.55. The van der Waals surface area contributed by atoms with Crippen molar-refractivity contribution in [3.63, 3.8) is 0 Å². The van der Waals surface area contributed by atoms with Gasteiger partial charge in [-0.1, -0.05) is 27.7 Å². The van der Waals surface area contributed by atoms with Gasteiger partial charge in [-0.15, -0.1) is 0 Å². The van der Waals surface area contributed by atoms with Crippen LogP contribution in [-0.2, 0) is 4.79 Å². The normalized spacial score (nSPS) is 15.4. The summed E-state index contributed by atoms with van der Waals surface area (Å²) >= 11 is 0. The van der Waals surface area contributed by atoms with Gasteiger partial charge in [0.15, 0.2) is 0 Å². The van der Waals surface area contributed by atoms with E-state index in [1.54, 1.807) is 0 Å². The van der Waals surface area contributed by atoms with Crippen molar-refractivity contribution in [1.82, 2.24) is 9.80 Å². The van der Waals surface area contributed by atoms with Crippen molar-refractivity contribution in [2.24, 2.45) is 11.1 Å². The predicted molar refractivity (Wildman–Crippen MR) is 82.1 cm³/mol. The third kappa shape index (κ3) is 5.49. The number of carbonyl (C=O) groups is 1. The molecule has 0 aliphatic carbocycles. The van der Waals surface area contributed by atoms with Crippen LogP contribution in [0.1, 0.15) is 48.0 Å². The number of hydrogen-bond donors (Lipinski definition) is 1. The topological polar surface area (TPSA) is 49.6 Å². The highest BCUT2D eigenvalue weighted by molar-refractivity contribution is 5.78. The number of hydrogen-bond acceptors (Lipinski definition) is 3. The Bertz CT molecular complexity index is 269. The van der Waals surface area contributed by atoms with Crippen molar-refractivity contribution in [3.8, 4) is 0 Å². The molecule has 4 nitrogen and oxygen atoms in total. The van der Waals surface area contributed by atoms with Crippen molar-refractivity contribution >= 4 is 5.91 Å². The minimum atomic E-state index is 0.0632. The molecule has 0 heterocycles. The van der Waals surface area contributed by atoms with Gasteiger partial charge in [-0.05, 0) is 32.7 Å². The van der Waals surface area contributed by atoms with Crippen molar-refractivity contribution < 1.29 is 4.79 Å². The summed E-state index contributed by atoms with van der Waals surface area (Å²) in [7, 11) is 2.01. The van der Waals surface area contributed by atoms with Gasteiger partial charge in [0.05, 0.1) is 6.54 Å². The molecule has 0 saturated heterocycles. The van der Waals surface area contributed by atoms with Gasteiger partial charge < -0.3 is 10.6 Å². The Balaban J connectivity index is 4.83. The van der Waals surface area contributed by atoms with Gasteiger partial charge in [0.2, 0.25) is 5.91 Å². The Morgan fingerprint density at radius 1 is 1.16 bits per heavy atom.